The molecule has 0 saturated carbocycles. The lowest BCUT2D eigenvalue weighted by Crippen LogP contribution is -2.33. The Hall–Kier alpha value is -2.50. The summed E-state index contributed by atoms with van der Waals surface area (Å²) in [7, 11) is 0. The fraction of sp³-hybridized carbons (Fsp3) is 0.316. The largest absolute Gasteiger partial charge is 0.405 e. The second-order valence-corrected chi connectivity index (χ2v) is 6.11. The third-order valence-corrected chi connectivity index (χ3v) is 3.92. The van der Waals surface area contributed by atoms with Crippen molar-refractivity contribution in [3.05, 3.63) is 64.2 Å². The first kappa shape index (κ1) is 18.8. The van der Waals surface area contributed by atoms with Gasteiger partial charge < -0.3 is 10.6 Å². The van der Waals surface area contributed by atoms with E-state index in [9.17, 15) is 18.0 Å². The van der Waals surface area contributed by atoms with Crippen LogP contribution in [-0.2, 0) is 6.54 Å². The van der Waals surface area contributed by atoms with Crippen LogP contribution in [-0.4, -0.2) is 18.6 Å². The van der Waals surface area contributed by atoms with Crippen LogP contribution in [0.5, 0.6) is 0 Å². The van der Waals surface area contributed by atoms with E-state index in [-0.39, 0.29) is 5.56 Å². The number of benzene rings is 2. The second kappa shape index (κ2) is 7.59. The zero-order valence-electron chi connectivity index (χ0n) is 14.4. The molecule has 0 saturated heterocycles. The van der Waals surface area contributed by atoms with Gasteiger partial charge in [-0.1, -0.05) is 29.8 Å². The van der Waals surface area contributed by atoms with Gasteiger partial charge in [0.2, 0.25) is 0 Å². The summed E-state index contributed by atoms with van der Waals surface area (Å²) >= 11 is 0. The van der Waals surface area contributed by atoms with Crippen LogP contribution in [0, 0.1) is 20.8 Å². The molecule has 134 valence electrons. The molecule has 2 aromatic carbocycles. The predicted molar refractivity (Wildman–Crippen MR) is 92.8 cm³/mol. The van der Waals surface area contributed by atoms with Gasteiger partial charge in [0, 0.05) is 17.8 Å². The van der Waals surface area contributed by atoms with Gasteiger partial charge in [-0.15, -0.1) is 0 Å². The molecule has 0 aliphatic carbocycles. The van der Waals surface area contributed by atoms with Crippen LogP contribution in [0.4, 0.5) is 18.9 Å². The number of hydrogen-bond acceptors (Lipinski definition) is 2. The second-order valence-electron chi connectivity index (χ2n) is 6.11. The minimum absolute atomic E-state index is 0.193. The molecule has 0 aromatic heterocycles. The number of nitrogens with one attached hydrogen (secondary N) is 2. The number of anilines is 1. The average molecular weight is 350 g/mol. The minimum atomic E-state index is -4.43. The first-order chi connectivity index (χ1) is 11.7. The van der Waals surface area contributed by atoms with Gasteiger partial charge in [0.15, 0.2) is 0 Å². The van der Waals surface area contributed by atoms with E-state index in [1.165, 1.54) is 6.07 Å². The van der Waals surface area contributed by atoms with Crippen LogP contribution in [0.3, 0.4) is 0 Å². The Bertz CT molecular complexity index is 770. The summed E-state index contributed by atoms with van der Waals surface area (Å²) in [5.41, 5.74) is 5.26. The topological polar surface area (TPSA) is 41.1 Å². The molecule has 2 aromatic rings. The van der Waals surface area contributed by atoms with E-state index >= 15 is 0 Å². The number of carbonyl (C=O) groups is 1. The number of amides is 1. The highest BCUT2D eigenvalue weighted by Gasteiger charge is 2.27. The van der Waals surface area contributed by atoms with Gasteiger partial charge >= 0.3 is 6.18 Å². The van der Waals surface area contributed by atoms with E-state index in [0.717, 1.165) is 27.9 Å². The molecule has 1 amide bonds. The van der Waals surface area contributed by atoms with E-state index < -0.39 is 18.6 Å². The highest BCUT2D eigenvalue weighted by atomic mass is 19.4. The lowest BCUT2D eigenvalue weighted by atomic mass is 10.0. The molecule has 0 unspecified atom stereocenters. The molecule has 0 fully saturated rings. The number of halogens is 3. The van der Waals surface area contributed by atoms with Crippen LogP contribution in [0.25, 0.3) is 0 Å². The fourth-order valence-corrected chi connectivity index (χ4v) is 2.42. The van der Waals surface area contributed by atoms with E-state index in [0.29, 0.717) is 6.54 Å². The molecular formula is C19H21F3N2O. The van der Waals surface area contributed by atoms with Crippen molar-refractivity contribution in [1.29, 1.82) is 0 Å². The van der Waals surface area contributed by atoms with E-state index in [1.807, 2.05) is 38.2 Å². The Labute approximate surface area is 145 Å². The predicted octanol–water partition coefficient (Wildman–Crippen LogP) is 4.52. The number of aryl methyl sites for hydroxylation is 3. The molecule has 0 atom stereocenters. The molecule has 0 heterocycles. The van der Waals surface area contributed by atoms with Crippen molar-refractivity contribution in [2.45, 2.75) is 33.5 Å². The summed E-state index contributed by atoms with van der Waals surface area (Å²) in [5.74, 6) is -0.743. The Balaban J connectivity index is 2.11. The molecule has 2 N–H and O–H groups in total. The number of hydrogen-bond donors (Lipinski definition) is 2. The van der Waals surface area contributed by atoms with Crippen molar-refractivity contribution < 1.29 is 18.0 Å². The quantitative estimate of drug-likeness (QED) is 0.833. The van der Waals surface area contributed by atoms with Gasteiger partial charge in [-0.2, -0.15) is 13.2 Å². The zero-order valence-corrected chi connectivity index (χ0v) is 14.4. The molecule has 6 heteroatoms. The van der Waals surface area contributed by atoms with E-state index in [1.54, 1.807) is 12.1 Å². The smallest absolute Gasteiger partial charge is 0.381 e. The number of alkyl halides is 3. The monoisotopic (exact) mass is 350 g/mol. The molecule has 0 spiro atoms. The van der Waals surface area contributed by atoms with Crippen LogP contribution in [0.1, 0.15) is 32.6 Å². The molecule has 25 heavy (non-hydrogen) atoms. The first-order valence-corrected chi connectivity index (χ1v) is 7.91. The Morgan fingerprint density at radius 2 is 1.68 bits per heavy atom. The maximum Gasteiger partial charge on any atom is 0.405 e. The van der Waals surface area contributed by atoms with Gasteiger partial charge in [-0.05, 0) is 49.6 Å². The van der Waals surface area contributed by atoms with Crippen LogP contribution >= 0.6 is 0 Å². The summed E-state index contributed by atoms with van der Waals surface area (Å²) in [6, 6.07) is 11.0. The van der Waals surface area contributed by atoms with Crippen LogP contribution in [0.15, 0.2) is 36.4 Å². The SMILES string of the molecule is Cc1ccc(C)c(CNc2cc(C(=O)NCC(F)(F)F)ccc2C)c1. The number of rotatable bonds is 5. The summed E-state index contributed by atoms with van der Waals surface area (Å²) in [5, 5.41) is 5.15. The summed E-state index contributed by atoms with van der Waals surface area (Å²) in [6.07, 6.45) is -4.43. The van der Waals surface area contributed by atoms with E-state index in [2.05, 4.69) is 11.4 Å². The van der Waals surface area contributed by atoms with Gasteiger partial charge in [0.25, 0.3) is 5.91 Å². The summed E-state index contributed by atoms with van der Waals surface area (Å²) in [6.45, 7) is 5.14. The van der Waals surface area contributed by atoms with Crippen molar-refractivity contribution in [2.24, 2.45) is 0 Å². The normalized spacial score (nSPS) is 11.3. The number of carbonyl (C=O) groups excluding carboxylic acids is 1. The molecule has 0 aliphatic rings. The van der Waals surface area contributed by atoms with Gasteiger partial charge in [-0.3, -0.25) is 4.79 Å². The lowest BCUT2D eigenvalue weighted by Gasteiger charge is -2.14. The van der Waals surface area contributed by atoms with Crippen molar-refractivity contribution >= 4 is 11.6 Å². The van der Waals surface area contributed by atoms with E-state index in [4.69, 9.17) is 0 Å². The minimum Gasteiger partial charge on any atom is -0.381 e. The fourth-order valence-electron chi connectivity index (χ4n) is 2.42. The maximum absolute atomic E-state index is 12.2. The zero-order chi connectivity index (χ0) is 18.6. The lowest BCUT2D eigenvalue weighted by molar-refractivity contribution is -0.123. The van der Waals surface area contributed by atoms with Crippen molar-refractivity contribution in [1.82, 2.24) is 5.32 Å². The van der Waals surface area contributed by atoms with Crippen LogP contribution in [0.2, 0.25) is 0 Å². The van der Waals surface area contributed by atoms with Crippen molar-refractivity contribution in [3.63, 3.8) is 0 Å². The Morgan fingerprint density at radius 1 is 1.00 bits per heavy atom. The highest BCUT2D eigenvalue weighted by molar-refractivity contribution is 5.95. The first-order valence-electron chi connectivity index (χ1n) is 7.91. The van der Waals surface area contributed by atoms with Crippen molar-refractivity contribution in [3.8, 4) is 0 Å². The molecule has 0 radical (unpaired) electrons. The molecular weight excluding hydrogens is 329 g/mol. The Kier molecular flexibility index (Phi) is 5.72. The molecule has 2 rings (SSSR count). The third-order valence-electron chi connectivity index (χ3n) is 3.92. The standard InChI is InChI=1S/C19H21F3N2O/c1-12-4-5-13(2)16(8-12)10-23-17-9-15(7-6-14(17)3)18(25)24-11-19(20,21)22/h4-9,23H,10-11H2,1-3H3,(H,24,25). The van der Waals surface area contributed by atoms with Crippen LogP contribution < -0.4 is 10.6 Å². The summed E-state index contributed by atoms with van der Waals surface area (Å²) in [4.78, 5) is 11.9. The van der Waals surface area contributed by atoms with Crippen molar-refractivity contribution in [2.75, 3.05) is 11.9 Å². The third kappa shape index (κ3) is 5.52. The molecule has 3 nitrogen and oxygen atoms in total. The molecule has 0 bridgehead atoms. The maximum atomic E-state index is 12.2. The average Bonchev–Trinajstić information content (AvgIpc) is 2.54. The van der Waals surface area contributed by atoms with Gasteiger partial charge in [-0.25, -0.2) is 0 Å². The van der Waals surface area contributed by atoms with Gasteiger partial charge in [0.05, 0.1) is 0 Å². The van der Waals surface area contributed by atoms with Gasteiger partial charge in [0.1, 0.15) is 6.54 Å². The molecule has 0 aliphatic heterocycles. The summed E-state index contributed by atoms with van der Waals surface area (Å²) < 4.78 is 36.7. The Morgan fingerprint density at radius 3 is 2.36 bits per heavy atom. The highest BCUT2D eigenvalue weighted by Crippen LogP contribution is 2.20.